The van der Waals surface area contributed by atoms with Gasteiger partial charge in [-0.3, -0.25) is 4.79 Å². The summed E-state index contributed by atoms with van der Waals surface area (Å²) in [5.74, 6) is 0.163. The summed E-state index contributed by atoms with van der Waals surface area (Å²) in [6.07, 6.45) is 2.07. The quantitative estimate of drug-likeness (QED) is 0.812. The van der Waals surface area contributed by atoms with Crippen molar-refractivity contribution in [1.29, 1.82) is 0 Å². The van der Waals surface area contributed by atoms with E-state index in [-0.39, 0.29) is 23.2 Å². The summed E-state index contributed by atoms with van der Waals surface area (Å²) in [7, 11) is -2.01. The van der Waals surface area contributed by atoms with Gasteiger partial charge in [-0.1, -0.05) is 12.1 Å². The average molecular weight is 362 g/mol. The highest BCUT2D eigenvalue weighted by Gasteiger charge is 2.15. The minimum Gasteiger partial charge on any atom is -0.341 e. The largest absolute Gasteiger partial charge is 0.341 e. The maximum absolute atomic E-state index is 12.2. The Balaban J connectivity index is 0.00000264. The molecule has 2 rings (SSSR count). The molecule has 130 valence electrons. The molecule has 1 aromatic carbocycles. The number of hydrogen-bond donors (Lipinski definition) is 2. The summed E-state index contributed by atoms with van der Waals surface area (Å²) in [6.45, 7) is 3.39. The topological polar surface area (TPSA) is 78.5 Å². The Hall–Kier alpha value is -1.15. The molecule has 23 heavy (non-hydrogen) atoms. The van der Waals surface area contributed by atoms with Crippen molar-refractivity contribution in [1.82, 2.24) is 14.9 Å². The zero-order valence-corrected chi connectivity index (χ0v) is 14.9. The summed E-state index contributed by atoms with van der Waals surface area (Å²) >= 11 is 0. The molecule has 1 saturated heterocycles. The number of carbonyl (C=O) groups excluding carboxylic acids is 1. The van der Waals surface area contributed by atoms with Crippen molar-refractivity contribution < 1.29 is 13.2 Å². The fourth-order valence-electron chi connectivity index (χ4n) is 2.46. The maximum Gasteiger partial charge on any atom is 0.240 e. The SMILES string of the molecule is CNS(=O)(=O)c1ccc(CCC(=O)N2CCCNCC2)cc1.Cl. The van der Waals surface area contributed by atoms with Crippen LogP contribution in [0.25, 0.3) is 0 Å². The van der Waals surface area contributed by atoms with Crippen molar-refractivity contribution in [3.8, 4) is 0 Å². The second-order valence-electron chi connectivity index (χ2n) is 5.34. The van der Waals surface area contributed by atoms with Crippen molar-refractivity contribution in [3.63, 3.8) is 0 Å². The van der Waals surface area contributed by atoms with Crippen molar-refractivity contribution >= 4 is 28.3 Å². The Labute approximate surface area is 144 Å². The fraction of sp³-hybridized carbons (Fsp3) is 0.533. The smallest absolute Gasteiger partial charge is 0.240 e. The molecule has 0 radical (unpaired) electrons. The third kappa shape index (κ3) is 5.76. The van der Waals surface area contributed by atoms with Crippen LogP contribution < -0.4 is 10.0 Å². The average Bonchev–Trinajstić information content (AvgIpc) is 2.82. The second-order valence-corrected chi connectivity index (χ2v) is 7.22. The number of amides is 1. The van der Waals surface area contributed by atoms with Crippen molar-refractivity contribution in [3.05, 3.63) is 29.8 Å². The number of sulfonamides is 1. The van der Waals surface area contributed by atoms with Crippen LogP contribution in [0.15, 0.2) is 29.2 Å². The molecule has 6 nitrogen and oxygen atoms in total. The van der Waals surface area contributed by atoms with Gasteiger partial charge in [0.05, 0.1) is 4.90 Å². The minimum absolute atomic E-state index is 0. The van der Waals surface area contributed by atoms with E-state index in [1.54, 1.807) is 24.3 Å². The maximum atomic E-state index is 12.2. The van der Waals surface area contributed by atoms with Gasteiger partial charge in [0.15, 0.2) is 0 Å². The van der Waals surface area contributed by atoms with Gasteiger partial charge in [-0.25, -0.2) is 13.1 Å². The number of hydrogen-bond acceptors (Lipinski definition) is 4. The number of benzene rings is 1. The fourth-order valence-corrected chi connectivity index (χ4v) is 3.19. The number of nitrogens with one attached hydrogen (secondary N) is 2. The first-order valence-corrected chi connectivity index (χ1v) is 9.02. The predicted octanol–water partition coefficient (Wildman–Crippen LogP) is 0.771. The second kappa shape index (κ2) is 9.22. The first kappa shape index (κ1) is 19.9. The summed E-state index contributed by atoms with van der Waals surface area (Å²) in [5.41, 5.74) is 0.969. The van der Waals surface area contributed by atoms with Crippen molar-refractivity contribution in [2.75, 3.05) is 33.2 Å². The Morgan fingerprint density at radius 2 is 1.91 bits per heavy atom. The van der Waals surface area contributed by atoms with E-state index in [2.05, 4.69) is 10.0 Å². The number of halogens is 1. The van der Waals surface area contributed by atoms with Crippen LogP contribution >= 0.6 is 12.4 Å². The molecule has 0 spiro atoms. The molecule has 0 unspecified atom stereocenters. The molecule has 1 heterocycles. The lowest BCUT2D eigenvalue weighted by Gasteiger charge is -2.19. The Kier molecular flexibility index (Phi) is 7.98. The molecule has 8 heteroatoms. The van der Waals surface area contributed by atoms with Gasteiger partial charge in [0.25, 0.3) is 0 Å². The van der Waals surface area contributed by atoms with Crippen LogP contribution in [0.1, 0.15) is 18.4 Å². The molecule has 1 aliphatic heterocycles. The van der Waals surface area contributed by atoms with E-state index in [1.165, 1.54) is 7.05 Å². The third-order valence-corrected chi connectivity index (χ3v) is 5.25. The van der Waals surface area contributed by atoms with Crippen molar-refractivity contribution in [2.45, 2.75) is 24.2 Å². The zero-order chi connectivity index (χ0) is 16.0. The van der Waals surface area contributed by atoms with Crippen LogP contribution in [0.4, 0.5) is 0 Å². The minimum atomic E-state index is -3.40. The zero-order valence-electron chi connectivity index (χ0n) is 13.2. The van der Waals surface area contributed by atoms with Crippen LogP contribution in [-0.4, -0.2) is 52.5 Å². The van der Waals surface area contributed by atoms with Gasteiger partial charge >= 0.3 is 0 Å². The van der Waals surface area contributed by atoms with Gasteiger partial charge in [-0.2, -0.15) is 0 Å². The van der Waals surface area contributed by atoms with Gasteiger partial charge in [0, 0.05) is 26.1 Å². The van der Waals surface area contributed by atoms with Gasteiger partial charge in [-0.05, 0) is 44.1 Å². The van der Waals surface area contributed by atoms with Crippen LogP contribution in [-0.2, 0) is 21.2 Å². The van der Waals surface area contributed by atoms with Crippen molar-refractivity contribution in [2.24, 2.45) is 0 Å². The molecular weight excluding hydrogens is 338 g/mol. The molecule has 0 saturated carbocycles. The van der Waals surface area contributed by atoms with Crippen LogP contribution in [0, 0.1) is 0 Å². The van der Waals surface area contributed by atoms with Gasteiger partial charge < -0.3 is 10.2 Å². The van der Waals surface area contributed by atoms with E-state index in [1.807, 2.05) is 4.90 Å². The molecule has 1 fully saturated rings. The number of nitrogens with zero attached hydrogens (tertiary/aromatic N) is 1. The van der Waals surface area contributed by atoms with E-state index < -0.39 is 10.0 Å². The summed E-state index contributed by atoms with van der Waals surface area (Å²) in [6, 6.07) is 6.67. The molecular formula is C15H24ClN3O3S. The molecule has 2 N–H and O–H groups in total. The first-order valence-electron chi connectivity index (χ1n) is 7.54. The first-order chi connectivity index (χ1) is 10.5. The lowest BCUT2D eigenvalue weighted by atomic mass is 10.1. The van der Waals surface area contributed by atoms with Gasteiger partial charge in [0.1, 0.15) is 0 Å². The number of rotatable bonds is 5. The number of carbonyl (C=O) groups is 1. The molecule has 0 aliphatic carbocycles. The van der Waals surface area contributed by atoms with Crippen LogP contribution in [0.5, 0.6) is 0 Å². The predicted molar refractivity (Wildman–Crippen MR) is 92.3 cm³/mol. The monoisotopic (exact) mass is 361 g/mol. The van der Waals surface area contributed by atoms with Gasteiger partial charge in [-0.15, -0.1) is 12.4 Å². The normalized spacial score (nSPS) is 15.6. The van der Waals surface area contributed by atoms with E-state index >= 15 is 0 Å². The van der Waals surface area contributed by atoms with E-state index in [0.29, 0.717) is 12.8 Å². The molecule has 1 aromatic rings. The van der Waals surface area contributed by atoms with E-state index in [4.69, 9.17) is 0 Å². The lowest BCUT2D eigenvalue weighted by Crippen LogP contribution is -2.34. The lowest BCUT2D eigenvalue weighted by molar-refractivity contribution is -0.130. The number of aryl methyl sites for hydroxylation is 1. The Morgan fingerprint density at radius 1 is 1.22 bits per heavy atom. The van der Waals surface area contributed by atoms with Crippen LogP contribution in [0.3, 0.4) is 0 Å². The summed E-state index contributed by atoms with van der Waals surface area (Å²) in [4.78, 5) is 14.3. The van der Waals surface area contributed by atoms with E-state index in [0.717, 1.165) is 38.2 Å². The molecule has 1 aliphatic rings. The van der Waals surface area contributed by atoms with E-state index in [9.17, 15) is 13.2 Å². The molecule has 0 atom stereocenters. The highest BCUT2D eigenvalue weighted by atomic mass is 35.5. The summed E-state index contributed by atoms with van der Waals surface area (Å²) in [5, 5.41) is 3.28. The van der Waals surface area contributed by atoms with Gasteiger partial charge in [0.2, 0.25) is 15.9 Å². The molecule has 0 bridgehead atoms. The summed E-state index contributed by atoms with van der Waals surface area (Å²) < 4.78 is 25.6. The third-order valence-electron chi connectivity index (χ3n) is 3.82. The molecule has 0 aromatic heterocycles. The van der Waals surface area contributed by atoms with Crippen LogP contribution in [0.2, 0.25) is 0 Å². The standard InChI is InChI=1S/C15H23N3O3S.ClH/c1-16-22(20,21)14-6-3-13(4-7-14)5-8-15(19)18-11-2-9-17-10-12-18;/h3-4,6-7,16-17H,2,5,8-12H2,1H3;1H. The Bertz CT molecular complexity index is 597. The highest BCUT2D eigenvalue weighted by molar-refractivity contribution is 7.89. The molecule has 1 amide bonds. The highest BCUT2D eigenvalue weighted by Crippen LogP contribution is 2.12. The Morgan fingerprint density at radius 3 is 2.57 bits per heavy atom.